The first-order chi connectivity index (χ1) is 8.33. The molecule has 0 saturated carbocycles. The number of aryl methyl sites for hydroxylation is 1. The van der Waals surface area contributed by atoms with E-state index in [0.29, 0.717) is 11.8 Å². The first-order valence-corrected chi connectivity index (χ1v) is 6.63. The average Bonchev–Trinajstić information content (AvgIpc) is 2.85. The highest BCUT2D eigenvalue weighted by Crippen LogP contribution is 2.22. The fourth-order valence-corrected chi connectivity index (χ4v) is 2.28. The summed E-state index contributed by atoms with van der Waals surface area (Å²) in [4.78, 5) is 4.49. The molecule has 2 aromatic rings. The van der Waals surface area contributed by atoms with E-state index >= 15 is 0 Å². The zero-order valence-corrected chi connectivity index (χ0v) is 11.0. The van der Waals surface area contributed by atoms with Crippen LogP contribution in [0.5, 0.6) is 5.88 Å². The molecule has 0 radical (unpaired) electrons. The van der Waals surface area contributed by atoms with Crippen LogP contribution >= 0.6 is 22.9 Å². The number of rotatable bonds is 5. The lowest BCUT2D eigenvalue weighted by atomic mass is 10.3. The van der Waals surface area contributed by atoms with Crippen molar-refractivity contribution in [2.24, 2.45) is 0 Å². The quantitative estimate of drug-likeness (QED) is 0.783. The summed E-state index contributed by atoms with van der Waals surface area (Å²) in [6.45, 7) is 0. The van der Waals surface area contributed by atoms with Gasteiger partial charge in [0, 0.05) is 17.3 Å². The fourth-order valence-electron chi connectivity index (χ4n) is 1.33. The number of hydrogen-bond acceptors (Lipinski definition) is 5. The van der Waals surface area contributed by atoms with Gasteiger partial charge in [-0.3, -0.25) is 0 Å². The lowest BCUT2D eigenvalue weighted by Crippen LogP contribution is -1.92. The van der Waals surface area contributed by atoms with Crippen molar-refractivity contribution in [3.05, 3.63) is 23.2 Å². The Balaban J connectivity index is 2.12. The number of alkyl halides is 1. The topological polar surface area (TPSA) is 47.9 Å². The van der Waals surface area contributed by atoms with Crippen LogP contribution in [0.15, 0.2) is 17.5 Å². The second-order valence-corrected chi connectivity index (χ2v) is 4.63. The summed E-state index contributed by atoms with van der Waals surface area (Å²) in [5.41, 5.74) is 1.83. The van der Waals surface area contributed by atoms with Gasteiger partial charge in [0.2, 0.25) is 5.88 Å². The highest BCUT2D eigenvalue weighted by molar-refractivity contribution is 7.13. The third kappa shape index (κ3) is 3.14. The molecular formula is C11H12ClN3OS. The van der Waals surface area contributed by atoms with Crippen LogP contribution < -0.4 is 4.74 Å². The van der Waals surface area contributed by atoms with Crippen molar-refractivity contribution < 1.29 is 4.74 Å². The number of thiazole rings is 1. The standard InChI is InChI=1S/C11H12ClN3OS/c1-16-10-5-4-9(14-15-10)11-13-8(7-17-11)3-2-6-12/h4-5,7H,2-3,6H2,1H3. The average molecular weight is 270 g/mol. The van der Waals surface area contributed by atoms with Crippen LogP contribution in [0.1, 0.15) is 12.1 Å². The first-order valence-electron chi connectivity index (χ1n) is 5.22. The predicted octanol–water partition coefficient (Wildman–Crippen LogP) is 2.78. The van der Waals surface area contributed by atoms with Gasteiger partial charge in [-0.05, 0) is 18.9 Å². The number of methoxy groups -OCH3 is 1. The third-order valence-corrected chi connectivity index (χ3v) is 3.37. The zero-order valence-electron chi connectivity index (χ0n) is 9.39. The van der Waals surface area contributed by atoms with Crippen LogP contribution in [-0.4, -0.2) is 28.2 Å². The summed E-state index contributed by atoms with van der Waals surface area (Å²) < 4.78 is 4.96. The molecule has 2 rings (SSSR count). The molecule has 17 heavy (non-hydrogen) atoms. The fraction of sp³-hybridized carbons (Fsp3) is 0.364. The molecule has 90 valence electrons. The number of nitrogens with zero attached hydrogens (tertiary/aromatic N) is 3. The Labute approximate surface area is 109 Å². The summed E-state index contributed by atoms with van der Waals surface area (Å²) >= 11 is 7.22. The monoisotopic (exact) mass is 269 g/mol. The number of halogens is 1. The molecule has 0 N–H and O–H groups in total. The van der Waals surface area contributed by atoms with Gasteiger partial charge in [-0.15, -0.1) is 33.1 Å². The van der Waals surface area contributed by atoms with Crippen LogP contribution in [0.25, 0.3) is 10.7 Å². The van der Waals surface area contributed by atoms with E-state index < -0.39 is 0 Å². The van der Waals surface area contributed by atoms with Gasteiger partial charge in [-0.2, -0.15) is 0 Å². The largest absolute Gasteiger partial charge is 0.480 e. The normalized spacial score (nSPS) is 10.5. The highest BCUT2D eigenvalue weighted by Gasteiger charge is 2.06. The molecule has 0 unspecified atom stereocenters. The smallest absolute Gasteiger partial charge is 0.233 e. The van der Waals surface area contributed by atoms with E-state index in [2.05, 4.69) is 15.2 Å². The molecule has 2 heterocycles. The predicted molar refractivity (Wildman–Crippen MR) is 68.7 cm³/mol. The van der Waals surface area contributed by atoms with Crippen LogP contribution in [-0.2, 0) is 6.42 Å². The number of ether oxygens (including phenoxy) is 1. The molecular weight excluding hydrogens is 258 g/mol. The summed E-state index contributed by atoms with van der Waals surface area (Å²) in [7, 11) is 1.57. The molecule has 0 amide bonds. The minimum atomic E-state index is 0.507. The van der Waals surface area contributed by atoms with E-state index in [9.17, 15) is 0 Å². The van der Waals surface area contributed by atoms with Gasteiger partial charge in [0.05, 0.1) is 12.8 Å². The molecule has 4 nitrogen and oxygen atoms in total. The summed E-state index contributed by atoms with van der Waals surface area (Å²) in [6, 6.07) is 3.64. The Bertz CT molecular complexity index is 472. The molecule has 0 bridgehead atoms. The van der Waals surface area contributed by atoms with Gasteiger partial charge >= 0.3 is 0 Å². The van der Waals surface area contributed by atoms with Gasteiger partial charge in [0.1, 0.15) is 10.7 Å². The van der Waals surface area contributed by atoms with Crippen molar-refractivity contribution in [3.8, 4) is 16.6 Å². The van der Waals surface area contributed by atoms with Crippen LogP contribution in [0, 0.1) is 0 Å². The Hall–Kier alpha value is -1.20. The number of hydrogen-bond donors (Lipinski definition) is 0. The third-order valence-electron chi connectivity index (χ3n) is 2.19. The Morgan fingerprint density at radius 3 is 2.88 bits per heavy atom. The van der Waals surface area contributed by atoms with Gasteiger partial charge < -0.3 is 4.74 Å². The second kappa shape index (κ2) is 5.93. The summed E-state index contributed by atoms with van der Waals surface area (Å²) in [5.74, 6) is 1.17. The van der Waals surface area contributed by atoms with Crippen LogP contribution in [0.4, 0.5) is 0 Å². The second-order valence-electron chi connectivity index (χ2n) is 3.40. The molecule has 2 aromatic heterocycles. The lowest BCUT2D eigenvalue weighted by Gasteiger charge is -1.97. The van der Waals surface area contributed by atoms with E-state index in [1.807, 2.05) is 11.4 Å². The molecule has 0 fully saturated rings. The number of aromatic nitrogens is 3. The van der Waals surface area contributed by atoms with Gasteiger partial charge in [-0.1, -0.05) is 0 Å². The van der Waals surface area contributed by atoms with Crippen molar-refractivity contribution >= 4 is 22.9 Å². The van der Waals surface area contributed by atoms with E-state index in [4.69, 9.17) is 16.3 Å². The Morgan fingerprint density at radius 1 is 1.35 bits per heavy atom. The van der Waals surface area contributed by atoms with E-state index in [1.54, 1.807) is 24.5 Å². The Morgan fingerprint density at radius 2 is 2.24 bits per heavy atom. The minimum absolute atomic E-state index is 0.507. The van der Waals surface area contributed by atoms with Gasteiger partial charge in [0.15, 0.2) is 0 Å². The van der Waals surface area contributed by atoms with Crippen molar-refractivity contribution in [2.45, 2.75) is 12.8 Å². The molecule has 0 atom stereocenters. The molecule has 0 aromatic carbocycles. The first kappa shape index (κ1) is 12.3. The Kier molecular flexibility index (Phi) is 4.28. The van der Waals surface area contributed by atoms with Gasteiger partial charge in [-0.25, -0.2) is 4.98 Å². The van der Waals surface area contributed by atoms with Crippen molar-refractivity contribution in [3.63, 3.8) is 0 Å². The molecule has 6 heteroatoms. The maximum atomic E-state index is 5.65. The minimum Gasteiger partial charge on any atom is -0.480 e. The van der Waals surface area contributed by atoms with Crippen molar-refractivity contribution in [2.75, 3.05) is 13.0 Å². The molecule has 0 aliphatic rings. The molecule has 0 aliphatic carbocycles. The summed E-state index contributed by atoms with van der Waals surface area (Å²) in [5, 5.41) is 10.9. The molecule has 0 aliphatic heterocycles. The van der Waals surface area contributed by atoms with Crippen LogP contribution in [0.3, 0.4) is 0 Å². The van der Waals surface area contributed by atoms with Crippen LogP contribution in [0.2, 0.25) is 0 Å². The van der Waals surface area contributed by atoms with E-state index in [-0.39, 0.29) is 0 Å². The molecule has 0 spiro atoms. The maximum Gasteiger partial charge on any atom is 0.233 e. The zero-order chi connectivity index (χ0) is 12.1. The maximum absolute atomic E-state index is 5.65. The summed E-state index contributed by atoms with van der Waals surface area (Å²) in [6.07, 6.45) is 1.85. The van der Waals surface area contributed by atoms with Crippen molar-refractivity contribution in [1.82, 2.24) is 15.2 Å². The lowest BCUT2D eigenvalue weighted by molar-refractivity contribution is 0.392. The van der Waals surface area contributed by atoms with E-state index in [1.165, 1.54) is 0 Å². The SMILES string of the molecule is COc1ccc(-c2nc(CCCCl)cs2)nn1. The van der Waals surface area contributed by atoms with E-state index in [0.717, 1.165) is 29.2 Å². The van der Waals surface area contributed by atoms with Crippen molar-refractivity contribution in [1.29, 1.82) is 0 Å². The molecule has 0 saturated heterocycles. The van der Waals surface area contributed by atoms with Gasteiger partial charge in [0.25, 0.3) is 0 Å². The highest BCUT2D eigenvalue weighted by atomic mass is 35.5.